The van der Waals surface area contributed by atoms with Gasteiger partial charge in [-0.2, -0.15) is 0 Å². The van der Waals surface area contributed by atoms with Crippen LogP contribution in [0, 0.1) is 17.5 Å². The molecule has 1 aromatic rings. The predicted molar refractivity (Wildman–Crippen MR) is 56.9 cm³/mol. The molecule has 1 aromatic carbocycles. The Hall–Kier alpha value is -1.56. The fourth-order valence-corrected chi connectivity index (χ4v) is 1.16. The second-order valence-corrected chi connectivity index (χ2v) is 3.60. The summed E-state index contributed by atoms with van der Waals surface area (Å²) in [6, 6.07) is 1.33. The van der Waals surface area contributed by atoms with E-state index in [1.807, 2.05) is 6.92 Å². The van der Waals surface area contributed by atoms with Gasteiger partial charge in [-0.05, 0) is 18.6 Å². The average Bonchev–Trinajstić information content (AvgIpc) is 2.32. The molecule has 0 aliphatic heterocycles. The van der Waals surface area contributed by atoms with Crippen molar-refractivity contribution < 1.29 is 18.0 Å². The monoisotopic (exact) mass is 246 g/mol. The van der Waals surface area contributed by atoms with Gasteiger partial charge in [-0.25, -0.2) is 13.2 Å². The third-order valence-electron chi connectivity index (χ3n) is 2.33. The predicted octanol–water partition coefficient (Wildman–Crippen LogP) is 1.57. The molecule has 0 bridgehead atoms. The second kappa shape index (κ2) is 5.67. The van der Waals surface area contributed by atoms with Crippen LogP contribution in [0.4, 0.5) is 13.2 Å². The Morgan fingerprint density at radius 3 is 2.59 bits per heavy atom. The van der Waals surface area contributed by atoms with E-state index in [1.54, 1.807) is 0 Å². The molecular weight excluding hydrogens is 233 g/mol. The SMILES string of the molecule is CCC(N)CNC(=O)c1ccc(F)c(F)c1F. The van der Waals surface area contributed by atoms with Gasteiger partial charge in [0, 0.05) is 12.6 Å². The van der Waals surface area contributed by atoms with Crippen LogP contribution in [-0.4, -0.2) is 18.5 Å². The largest absolute Gasteiger partial charge is 0.350 e. The lowest BCUT2D eigenvalue weighted by atomic mass is 10.1. The van der Waals surface area contributed by atoms with Crippen molar-refractivity contribution in [3.8, 4) is 0 Å². The maximum atomic E-state index is 13.2. The van der Waals surface area contributed by atoms with Crippen molar-refractivity contribution in [3.63, 3.8) is 0 Å². The van der Waals surface area contributed by atoms with Gasteiger partial charge in [0.15, 0.2) is 17.5 Å². The summed E-state index contributed by atoms with van der Waals surface area (Å²) in [5, 5.41) is 2.34. The molecule has 0 radical (unpaired) electrons. The maximum Gasteiger partial charge on any atom is 0.254 e. The number of amides is 1. The summed E-state index contributed by atoms with van der Waals surface area (Å²) in [4.78, 5) is 11.5. The Kier molecular flexibility index (Phi) is 4.51. The van der Waals surface area contributed by atoms with Crippen molar-refractivity contribution in [3.05, 3.63) is 35.1 Å². The number of nitrogens with one attached hydrogen (secondary N) is 1. The molecule has 0 spiro atoms. The van der Waals surface area contributed by atoms with Gasteiger partial charge in [0.2, 0.25) is 0 Å². The molecule has 1 rings (SSSR count). The molecular formula is C11H13F3N2O. The summed E-state index contributed by atoms with van der Waals surface area (Å²) in [7, 11) is 0. The minimum Gasteiger partial charge on any atom is -0.350 e. The first-order valence-electron chi connectivity index (χ1n) is 5.14. The van der Waals surface area contributed by atoms with Crippen LogP contribution in [-0.2, 0) is 0 Å². The molecule has 94 valence electrons. The summed E-state index contributed by atoms with van der Waals surface area (Å²) < 4.78 is 38.7. The Labute approximate surface area is 96.8 Å². The highest BCUT2D eigenvalue weighted by Gasteiger charge is 2.18. The molecule has 17 heavy (non-hydrogen) atoms. The van der Waals surface area contributed by atoms with E-state index in [9.17, 15) is 18.0 Å². The van der Waals surface area contributed by atoms with Crippen molar-refractivity contribution in [1.29, 1.82) is 0 Å². The molecule has 1 unspecified atom stereocenters. The Bertz CT molecular complexity index is 423. The van der Waals surface area contributed by atoms with Crippen LogP contribution >= 0.6 is 0 Å². The van der Waals surface area contributed by atoms with Crippen LogP contribution in [0.25, 0.3) is 0 Å². The number of hydrogen-bond acceptors (Lipinski definition) is 2. The molecule has 6 heteroatoms. The van der Waals surface area contributed by atoms with Crippen LogP contribution in [0.2, 0.25) is 0 Å². The fraction of sp³-hybridized carbons (Fsp3) is 0.364. The van der Waals surface area contributed by atoms with Gasteiger partial charge in [0.05, 0.1) is 5.56 Å². The number of halogens is 3. The number of carbonyl (C=O) groups excluding carboxylic acids is 1. The zero-order chi connectivity index (χ0) is 13.0. The van der Waals surface area contributed by atoms with Crippen molar-refractivity contribution in [1.82, 2.24) is 5.32 Å². The third-order valence-corrected chi connectivity index (χ3v) is 2.33. The minimum atomic E-state index is -1.66. The number of carbonyl (C=O) groups is 1. The standard InChI is InChI=1S/C11H13F3N2O/c1-2-6(15)5-16-11(17)7-3-4-8(12)10(14)9(7)13/h3-4,6H,2,5,15H2,1H3,(H,16,17). The van der Waals surface area contributed by atoms with Gasteiger partial charge < -0.3 is 11.1 Å². The molecule has 3 nitrogen and oxygen atoms in total. The Morgan fingerprint density at radius 1 is 1.35 bits per heavy atom. The normalized spacial score (nSPS) is 12.3. The summed E-state index contributed by atoms with van der Waals surface area (Å²) in [5.74, 6) is -5.29. The molecule has 3 N–H and O–H groups in total. The average molecular weight is 246 g/mol. The molecule has 0 aliphatic carbocycles. The Morgan fingerprint density at radius 2 is 2.00 bits per heavy atom. The third kappa shape index (κ3) is 3.20. The lowest BCUT2D eigenvalue weighted by Crippen LogP contribution is -2.37. The van der Waals surface area contributed by atoms with Gasteiger partial charge in [0.25, 0.3) is 5.91 Å². The quantitative estimate of drug-likeness (QED) is 0.792. The van der Waals surface area contributed by atoms with Crippen LogP contribution < -0.4 is 11.1 Å². The van der Waals surface area contributed by atoms with Crippen LogP contribution in [0.5, 0.6) is 0 Å². The van der Waals surface area contributed by atoms with E-state index in [0.29, 0.717) is 12.5 Å². The van der Waals surface area contributed by atoms with E-state index in [4.69, 9.17) is 5.73 Å². The number of nitrogens with two attached hydrogens (primary N) is 1. The topological polar surface area (TPSA) is 55.1 Å². The van der Waals surface area contributed by atoms with Gasteiger partial charge in [-0.3, -0.25) is 4.79 Å². The Balaban J connectivity index is 2.80. The van der Waals surface area contributed by atoms with Crippen LogP contribution in [0.3, 0.4) is 0 Å². The van der Waals surface area contributed by atoms with Gasteiger partial charge >= 0.3 is 0 Å². The number of benzene rings is 1. The maximum absolute atomic E-state index is 13.2. The van der Waals surface area contributed by atoms with Crippen molar-refractivity contribution in [2.75, 3.05) is 6.54 Å². The van der Waals surface area contributed by atoms with Crippen LogP contribution in [0.15, 0.2) is 12.1 Å². The van der Waals surface area contributed by atoms with E-state index in [0.717, 1.165) is 6.07 Å². The van der Waals surface area contributed by atoms with Gasteiger partial charge in [-0.15, -0.1) is 0 Å². The molecule has 0 saturated carbocycles. The lowest BCUT2D eigenvalue weighted by molar-refractivity contribution is 0.0945. The smallest absolute Gasteiger partial charge is 0.254 e. The summed E-state index contributed by atoms with van der Waals surface area (Å²) in [5.41, 5.74) is 5.01. The second-order valence-electron chi connectivity index (χ2n) is 3.60. The first kappa shape index (κ1) is 13.5. The molecule has 0 aliphatic rings. The van der Waals surface area contributed by atoms with Crippen molar-refractivity contribution >= 4 is 5.91 Å². The lowest BCUT2D eigenvalue weighted by Gasteiger charge is -2.10. The van der Waals surface area contributed by atoms with E-state index in [1.165, 1.54) is 0 Å². The highest BCUT2D eigenvalue weighted by atomic mass is 19.2. The molecule has 1 amide bonds. The van der Waals surface area contributed by atoms with Crippen molar-refractivity contribution in [2.24, 2.45) is 5.73 Å². The molecule has 1 atom stereocenters. The van der Waals surface area contributed by atoms with E-state index >= 15 is 0 Å². The summed E-state index contributed by atoms with van der Waals surface area (Å²) in [6.45, 7) is 1.97. The number of hydrogen-bond donors (Lipinski definition) is 2. The highest BCUT2D eigenvalue weighted by molar-refractivity contribution is 5.94. The van der Waals surface area contributed by atoms with E-state index in [2.05, 4.69) is 5.32 Å². The molecule has 0 heterocycles. The minimum absolute atomic E-state index is 0.147. The zero-order valence-corrected chi connectivity index (χ0v) is 9.27. The van der Waals surface area contributed by atoms with E-state index < -0.39 is 28.9 Å². The molecule has 0 fully saturated rings. The first-order valence-corrected chi connectivity index (χ1v) is 5.14. The first-order chi connectivity index (χ1) is 7.97. The summed E-state index contributed by atoms with van der Waals surface area (Å²) >= 11 is 0. The van der Waals surface area contributed by atoms with Crippen molar-refractivity contribution in [2.45, 2.75) is 19.4 Å². The summed E-state index contributed by atoms with van der Waals surface area (Å²) in [6.07, 6.45) is 0.639. The molecule has 0 aromatic heterocycles. The van der Waals surface area contributed by atoms with Gasteiger partial charge in [0.1, 0.15) is 0 Å². The zero-order valence-electron chi connectivity index (χ0n) is 9.27. The van der Waals surface area contributed by atoms with Crippen LogP contribution in [0.1, 0.15) is 23.7 Å². The highest BCUT2D eigenvalue weighted by Crippen LogP contribution is 2.14. The van der Waals surface area contributed by atoms with Gasteiger partial charge in [-0.1, -0.05) is 6.92 Å². The number of rotatable bonds is 4. The van der Waals surface area contributed by atoms with E-state index in [-0.39, 0.29) is 12.6 Å². The fourth-order valence-electron chi connectivity index (χ4n) is 1.16. The molecule has 0 saturated heterocycles.